The Labute approximate surface area is 157 Å². The molecule has 7 heteroatoms. The fraction of sp³-hybridized carbons (Fsp3) is 0.263. The van der Waals surface area contributed by atoms with Crippen molar-refractivity contribution in [1.29, 1.82) is 0 Å². The molecule has 2 rings (SSSR count). The minimum atomic E-state index is -1.09. The maximum absolute atomic E-state index is 12.5. The number of benzene rings is 2. The highest BCUT2D eigenvalue weighted by atomic mass is 35.5. The number of halogens is 1. The van der Waals surface area contributed by atoms with E-state index in [4.69, 9.17) is 16.3 Å². The van der Waals surface area contributed by atoms with Gasteiger partial charge in [0.2, 0.25) is 0 Å². The zero-order valence-electron chi connectivity index (χ0n) is 15.1. The Balaban J connectivity index is 2.03. The van der Waals surface area contributed by atoms with Crippen molar-refractivity contribution < 1.29 is 19.1 Å². The largest absolute Gasteiger partial charge is 0.478 e. The minimum absolute atomic E-state index is 0.304. The van der Waals surface area contributed by atoms with Crippen molar-refractivity contribution in [3.8, 4) is 5.75 Å². The molecule has 0 aromatic heterocycles. The van der Waals surface area contributed by atoms with Gasteiger partial charge in [-0.25, -0.2) is 4.79 Å². The first-order chi connectivity index (χ1) is 12.2. The summed E-state index contributed by atoms with van der Waals surface area (Å²) in [7, 11) is 2.92. The molecule has 0 aliphatic rings. The van der Waals surface area contributed by atoms with Crippen molar-refractivity contribution in [2.45, 2.75) is 19.4 Å². The summed E-state index contributed by atoms with van der Waals surface area (Å²) < 4.78 is 10.4. The molecule has 1 N–H and O–H groups in total. The van der Waals surface area contributed by atoms with Crippen LogP contribution >= 0.6 is 11.6 Å². The molecule has 138 valence electrons. The van der Waals surface area contributed by atoms with Crippen LogP contribution in [0.15, 0.2) is 48.5 Å². The van der Waals surface area contributed by atoms with Crippen LogP contribution in [0.5, 0.6) is 5.75 Å². The Kier molecular flexibility index (Phi) is 6.10. The van der Waals surface area contributed by atoms with E-state index in [-0.39, 0.29) is 5.91 Å². The maximum atomic E-state index is 12.5. The van der Waals surface area contributed by atoms with Gasteiger partial charge in [-0.15, -0.1) is 0 Å². The molecule has 0 fully saturated rings. The fourth-order valence-corrected chi connectivity index (χ4v) is 2.26. The second-order valence-corrected chi connectivity index (χ2v) is 6.53. The topological polar surface area (TPSA) is 67.9 Å². The SMILES string of the molecule is COC(=O)N(C)c1ccc(NC(=O)C(C)(C)Oc2ccc(Cl)cc2)cc1. The van der Waals surface area contributed by atoms with Crippen LogP contribution in [0.1, 0.15) is 13.8 Å². The van der Waals surface area contributed by atoms with Crippen molar-refractivity contribution in [3.05, 3.63) is 53.6 Å². The maximum Gasteiger partial charge on any atom is 0.413 e. The van der Waals surface area contributed by atoms with Crippen LogP contribution in [0.2, 0.25) is 5.02 Å². The van der Waals surface area contributed by atoms with Crippen molar-refractivity contribution in [1.82, 2.24) is 0 Å². The van der Waals surface area contributed by atoms with Crippen LogP contribution in [0.25, 0.3) is 0 Å². The molecule has 2 aromatic carbocycles. The Morgan fingerprint density at radius 1 is 1.04 bits per heavy atom. The monoisotopic (exact) mass is 376 g/mol. The predicted octanol–water partition coefficient (Wildman–Crippen LogP) is 4.34. The van der Waals surface area contributed by atoms with Gasteiger partial charge in [0.15, 0.2) is 5.60 Å². The minimum Gasteiger partial charge on any atom is -0.478 e. The first-order valence-electron chi connectivity index (χ1n) is 7.91. The average molecular weight is 377 g/mol. The lowest BCUT2D eigenvalue weighted by Crippen LogP contribution is -2.42. The quantitative estimate of drug-likeness (QED) is 0.842. The van der Waals surface area contributed by atoms with Crippen molar-refractivity contribution in [3.63, 3.8) is 0 Å². The van der Waals surface area contributed by atoms with Gasteiger partial charge in [0, 0.05) is 23.4 Å². The van der Waals surface area contributed by atoms with E-state index in [1.165, 1.54) is 12.0 Å². The van der Waals surface area contributed by atoms with Crippen LogP contribution in [0, 0.1) is 0 Å². The molecule has 0 atom stereocenters. The third kappa shape index (κ3) is 4.89. The van der Waals surface area contributed by atoms with E-state index in [1.54, 1.807) is 69.4 Å². The molecule has 0 heterocycles. The van der Waals surface area contributed by atoms with Gasteiger partial charge < -0.3 is 14.8 Å². The number of hydrogen-bond acceptors (Lipinski definition) is 4. The predicted molar refractivity (Wildman–Crippen MR) is 102 cm³/mol. The number of methoxy groups -OCH3 is 1. The van der Waals surface area contributed by atoms with Crippen LogP contribution in [0.4, 0.5) is 16.2 Å². The Morgan fingerprint density at radius 2 is 1.62 bits per heavy atom. The lowest BCUT2D eigenvalue weighted by molar-refractivity contribution is -0.128. The van der Waals surface area contributed by atoms with Crippen molar-refractivity contribution >= 4 is 35.0 Å². The number of rotatable bonds is 5. The number of nitrogens with one attached hydrogen (secondary N) is 1. The Morgan fingerprint density at radius 3 is 2.15 bits per heavy atom. The molecule has 0 spiro atoms. The van der Waals surface area contributed by atoms with Crippen LogP contribution in [-0.2, 0) is 9.53 Å². The smallest absolute Gasteiger partial charge is 0.413 e. The summed E-state index contributed by atoms with van der Waals surface area (Å²) in [5.74, 6) is 0.242. The van der Waals surface area contributed by atoms with Crippen LogP contribution in [-0.4, -0.2) is 31.8 Å². The van der Waals surface area contributed by atoms with E-state index in [0.29, 0.717) is 22.1 Å². The van der Waals surface area contributed by atoms with E-state index in [0.717, 1.165) is 0 Å². The normalized spacial score (nSPS) is 10.8. The number of carbonyl (C=O) groups is 2. The number of carbonyl (C=O) groups excluding carboxylic acids is 2. The van der Waals surface area contributed by atoms with Crippen LogP contribution in [0.3, 0.4) is 0 Å². The molecule has 0 unspecified atom stereocenters. The highest BCUT2D eigenvalue weighted by Gasteiger charge is 2.30. The molecule has 0 bridgehead atoms. The first kappa shape index (κ1) is 19.6. The molecule has 6 nitrogen and oxygen atoms in total. The van der Waals surface area contributed by atoms with E-state index < -0.39 is 11.7 Å². The van der Waals surface area contributed by atoms with Gasteiger partial charge in [-0.3, -0.25) is 9.69 Å². The van der Waals surface area contributed by atoms with Crippen molar-refractivity contribution in [2.24, 2.45) is 0 Å². The van der Waals surface area contributed by atoms with Gasteiger partial charge in [-0.2, -0.15) is 0 Å². The second-order valence-electron chi connectivity index (χ2n) is 6.10. The molecule has 0 aliphatic heterocycles. The van der Waals surface area contributed by atoms with Gasteiger partial charge >= 0.3 is 6.09 Å². The molecule has 0 saturated heterocycles. The third-order valence-corrected chi connectivity index (χ3v) is 3.95. The number of ether oxygens (including phenoxy) is 2. The molecule has 0 radical (unpaired) electrons. The Hall–Kier alpha value is -2.73. The zero-order valence-corrected chi connectivity index (χ0v) is 15.8. The molecular formula is C19H21ClN2O4. The van der Waals surface area contributed by atoms with Gasteiger partial charge in [-0.1, -0.05) is 11.6 Å². The lowest BCUT2D eigenvalue weighted by atomic mass is 10.1. The summed E-state index contributed by atoms with van der Waals surface area (Å²) in [4.78, 5) is 25.4. The van der Waals surface area contributed by atoms with Gasteiger partial charge in [-0.05, 0) is 62.4 Å². The van der Waals surface area contributed by atoms with E-state index >= 15 is 0 Å². The fourth-order valence-electron chi connectivity index (χ4n) is 2.14. The number of amides is 2. The zero-order chi connectivity index (χ0) is 19.3. The molecule has 0 saturated carbocycles. The van der Waals surface area contributed by atoms with E-state index in [9.17, 15) is 9.59 Å². The summed E-state index contributed by atoms with van der Waals surface area (Å²) >= 11 is 5.85. The molecule has 2 amide bonds. The summed E-state index contributed by atoms with van der Waals surface area (Å²) in [6.07, 6.45) is -0.473. The van der Waals surface area contributed by atoms with E-state index in [1.807, 2.05) is 0 Å². The molecule has 26 heavy (non-hydrogen) atoms. The van der Waals surface area contributed by atoms with Gasteiger partial charge in [0.05, 0.1) is 7.11 Å². The summed E-state index contributed by atoms with van der Waals surface area (Å²) in [6, 6.07) is 13.6. The number of nitrogens with zero attached hydrogens (tertiary/aromatic N) is 1. The highest BCUT2D eigenvalue weighted by molar-refractivity contribution is 6.30. The summed E-state index contributed by atoms with van der Waals surface area (Å²) in [6.45, 7) is 3.35. The van der Waals surface area contributed by atoms with Crippen molar-refractivity contribution in [2.75, 3.05) is 24.4 Å². The third-order valence-electron chi connectivity index (χ3n) is 3.69. The average Bonchev–Trinajstić information content (AvgIpc) is 2.62. The first-order valence-corrected chi connectivity index (χ1v) is 8.28. The number of anilines is 2. The summed E-state index contributed by atoms with van der Waals surface area (Å²) in [5, 5.41) is 3.39. The van der Waals surface area contributed by atoms with E-state index in [2.05, 4.69) is 10.1 Å². The van der Waals surface area contributed by atoms with Crippen LogP contribution < -0.4 is 15.0 Å². The second kappa shape index (κ2) is 8.10. The van der Waals surface area contributed by atoms with Gasteiger partial charge in [0.25, 0.3) is 5.91 Å². The van der Waals surface area contributed by atoms with Gasteiger partial charge in [0.1, 0.15) is 5.75 Å². The molecular weight excluding hydrogens is 356 g/mol. The highest BCUT2D eigenvalue weighted by Crippen LogP contribution is 2.23. The molecule has 2 aromatic rings. The summed E-state index contributed by atoms with van der Waals surface area (Å²) in [5.41, 5.74) is 0.145. The standard InChI is InChI=1S/C19H21ClN2O4/c1-19(2,26-16-11-5-13(20)6-12-16)17(23)21-14-7-9-15(10-8-14)22(3)18(24)25-4/h5-12H,1-4H3,(H,21,23). The Bertz CT molecular complexity index is 773. The lowest BCUT2D eigenvalue weighted by Gasteiger charge is -2.25. The molecule has 0 aliphatic carbocycles. The number of hydrogen-bond donors (Lipinski definition) is 1.